The molecule has 0 fully saturated rings. The van der Waals surface area contributed by atoms with Gasteiger partial charge in [0.15, 0.2) is 5.11 Å². The second-order valence-corrected chi connectivity index (χ2v) is 6.32. The molecule has 0 aliphatic carbocycles. The largest absolute Gasteiger partial charge is 0.465 e. The first-order valence-corrected chi connectivity index (χ1v) is 7.93. The van der Waals surface area contributed by atoms with Crippen LogP contribution in [0, 0.1) is 6.92 Å². The summed E-state index contributed by atoms with van der Waals surface area (Å²) >= 11 is 6.33. The molecule has 128 valence electrons. The molecule has 0 bridgehead atoms. The lowest BCUT2D eigenvalue weighted by Gasteiger charge is -2.10. The van der Waals surface area contributed by atoms with Crippen LogP contribution in [0.15, 0.2) is 12.7 Å². The van der Waals surface area contributed by atoms with Crippen LogP contribution < -0.4 is 10.7 Å². The van der Waals surface area contributed by atoms with E-state index in [9.17, 15) is 9.59 Å². The van der Waals surface area contributed by atoms with Crippen molar-refractivity contribution in [3.8, 4) is 0 Å². The first kappa shape index (κ1) is 17.8. The van der Waals surface area contributed by atoms with Gasteiger partial charge in [-0.2, -0.15) is 0 Å². The van der Waals surface area contributed by atoms with E-state index in [1.165, 1.54) is 29.3 Å². The predicted molar refractivity (Wildman–Crippen MR) is 94.0 cm³/mol. The molecule has 1 amide bonds. The number of thiophene rings is 1. The topological polar surface area (TPSA) is 101 Å². The van der Waals surface area contributed by atoms with Crippen LogP contribution >= 0.6 is 23.6 Å². The standard InChI is InChI=1S/C13H16N6O3S2/c1-7-8(12(21)22-4)10(24-9(7)11(20)18(2)3)16-13(23)17-19-5-14-15-6-19/h5-6H,1-4H3,(H2,16,17,23). The molecule has 0 saturated carbocycles. The van der Waals surface area contributed by atoms with Crippen molar-refractivity contribution in [1.29, 1.82) is 0 Å². The Morgan fingerprint density at radius 2 is 1.96 bits per heavy atom. The van der Waals surface area contributed by atoms with Crippen molar-refractivity contribution >= 4 is 45.5 Å². The van der Waals surface area contributed by atoms with E-state index in [2.05, 4.69) is 20.9 Å². The summed E-state index contributed by atoms with van der Waals surface area (Å²) in [5, 5.41) is 10.8. The number of anilines is 1. The Kier molecular flexibility index (Phi) is 5.46. The van der Waals surface area contributed by atoms with E-state index < -0.39 is 5.97 Å². The average Bonchev–Trinajstić information content (AvgIpc) is 3.14. The maximum atomic E-state index is 12.3. The van der Waals surface area contributed by atoms with Gasteiger partial charge in [-0.3, -0.25) is 10.2 Å². The van der Waals surface area contributed by atoms with E-state index >= 15 is 0 Å². The fraction of sp³-hybridized carbons (Fsp3) is 0.308. The van der Waals surface area contributed by atoms with E-state index in [0.717, 1.165) is 11.3 Å². The van der Waals surface area contributed by atoms with Crippen LogP contribution in [0.5, 0.6) is 0 Å². The zero-order chi connectivity index (χ0) is 17.9. The zero-order valence-electron chi connectivity index (χ0n) is 13.5. The minimum Gasteiger partial charge on any atom is -0.465 e. The average molecular weight is 368 g/mol. The number of carbonyl (C=O) groups excluding carboxylic acids is 2. The van der Waals surface area contributed by atoms with Crippen LogP contribution in [0.4, 0.5) is 5.00 Å². The molecular formula is C13H16N6O3S2. The van der Waals surface area contributed by atoms with Gasteiger partial charge in [0.1, 0.15) is 17.7 Å². The minimum absolute atomic E-state index is 0.201. The van der Waals surface area contributed by atoms with Gasteiger partial charge in [0.05, 0.1) is 17.6 Å². The molecule has 0 atom stereocenters. The number of ether oxygens (including phenoxy) is 1. The molecule has 0 saturated heterocycles. The summed E-state index contributed by atoms with van der Waals surface area (Å²) < 4.78 is 6.26. The van der Waals surface area contributed by atoms with Crippen molar-refractivity contribution < 1.29 is 14.3 Å². The molecule has 2 rings (SSSR count). The van der Waals surface area contributed by atoms with Gasteiger partial charge in [-0.25, -0.2) is 9.47 Å². The van der Waals surface area contributed by atoms with Gasteiger partial charge in [0.2, 0.25) is 0 Å². The molecule has 0 aromatic carbocycles. The second-order valence-electron chi connectivity index (χ2n) is 4.89. The molecule has 2 aromatic heterocycles. The quantitative estimate of drug-likeness (QED) is 0.611. The zero-order valence-corrected chi connectivity index (χ0v) is 15.1. The number of thiocarbonyl (C=S) groups is 1. The molecule has 24 heavy (non-hydrogen) atoms. The third kappa shape index (κ3) is 3.68. The van der Waals surface area contributed by atoms with Crippen molar-refractivity contribution in [1.82, 2.24) is 19.8 Å². The highest BCUT2D eigenvalue weighted by Gasteiger charge is 2.26. The first-order valence-electron chi connectivity index (χ1n) is 6.71. The Morgan fingerprint density at radius 1 is 1.33 bits per heavy atom. The molecule has 11 heteroatoms. The van der Waals surface area contributed by atoms with E-state index in [1.54, 1.807) is 21.0 Å². The van der Waals surface area contributed by atoms with Crippen LogP contribution in [0.3, 0.4) is 0 Å². The van der Waals surface area contributed by atoms with Crippen molar-refractivity contribution in [2.75, 3.05) is 31.9 Å². The van der Waals surface area contributed by atoms with Crippen LogP contribution in [-0.2, 0) is 4.74 Å². The van der Waals surface area contributed by atoms with Crippen LogP contribution in [-0.4, -0.2) is 58.0 Å². The lowest BCUT2D eigenvalue weighted by atomic mass is 10.1. The Labute approximate surface area is 147 Å². The molecule has 2 heterocycles. The number of esters is 1. The smallest absolute Gasteiger partial charge is 0.341 e. The summed E-state index contributed by atoms with van der Waals surface area (Å²) in [5.74, 6) is -0.746. The van der Waals surface area contributed by atoms with Gasteiger partial charge in [-0.1, -0.05) is 0 Å². The van der Waals surface area contributed by atoms with E-state index in [1.807, 2.05) is 0 Å². The number of methoxy groups -OCH3 is 1. The molecule has 2 aromatic rings. The molecule has 0 spiro atoms. The van der Waals surface area contributed by atoms with E-state index in [0.29, 0.717) is 15.4 Å². The summed E-state index contributed by atoms with van der Waals surface area (Å²) in [7, 11) is 4.57. The highest BCUT2D eigenvalue weighted by Crippen LogP contribution is 2.34. The van der Waals surface area contributed by atoms with Gasteiger partial charge >= 0.3 is 5.97 Å². The number of hydrogen-bond donors (Lipinski definition) is 2. The second kappa shape index (κ2) is 7.36. The number of carbonyl (C=O) groups is 2. The summed E-state index contributed by atoms with van der Waals surface area (Å²) in [4.78, 5) is 26.2. The lowest BCUT2D eigenvalue weighted by molar-refractivity contribution is 0.0601. The van der Waals surface area contributed by atoms with Gasteiger partial charge in [-0.15, -0.1) is 21.5 Å². The molecule has 0 aliphatic rings. The Balaban J connectivity index is 2.33. The Hall–Kier alpha value is -2.53. The normalized spacial score (nSPS) is 10.2. The summed E-state index contributed by atoms with van der Waals surface area (Å²) in [6.07, 6.45) is 2.85. The van der Waals surface area contributed by atoms with Crippen molar-refractivity contribution in [3.05, 3.63) is 28.7 Å². The van der Waals surface area contributed by atoms with Crippen molar-refractivity contribution in [2.24, 2.45) is 0 Å². The number of nitrogens with one attached hydrogen (secondary N) is 2. The van der Waals surface area contributed by atoms with E-state index in [4.69, 9.17) is 17.0 Å². The van der Waals surface area contributed by atoms with Crippen LogP contribution in [0.1, 0.15) is 25.6 Å². The molecule has 9 nitrogen and oxygen atoms in total. The highest BCUT2D eigenvalue weighted by atomic mass is 32.1. The highest BCUT2D eigenvalue weighted by molar-refractivity contribution is 7.80. The molecule has 0 unspecified atom stereocenters. The number of amides is 1. The number of rotatable bonds is 4. The number of aromatic nitrogens is 3. The lowest BCUT2D eigenvalue weighted by Crippen LogP contribution is -2.26. The molecular weight excluding hydrogens is 352 g/mol. The fourth-order valence-electron chi connectivity index (χ4n) is 1.86. The maximum Gasteiger partial charge on any atom is 0.341 e. The molecule has 2 N–H and O–H groups in total. The first-order chi connectivity index (χ1) is 11.3. The van der Waals surface area contributed by atoms with Crippen molar-refractivity contribution in [2.45, 2.75) is 6.92 Å². The van der Waals surface area contributed by atoms with Crippen molar-refractivity contribution in [3.63, 3.8) is 0 Å². The number of hydrogen-bond acceptors (Lipinski definition) is 7. The third-order valence-corrected chi connectivity index (χ3v) is 4.40. The number of nitrogens with zero attached hydrogens (tertiary/aromatic N) is 4. The minimum atomic E-state index is -0.545. The van der Waals surface area contributed by atoms with Gasteiger partial charge < -0.3 is 15.0 Å². The van der Waals surface area contributed by atoms with E-state index in [-0.39, 0.29) is 16.6 Å². The van der Waals surface area contributed by atoms with Gasteiger partial charge in [0, 0.05) is 14.1 Å². The summed E-state index contributed by atoms with van der Waals surface area (Å²) in [6, 6.07) is 0. The predicted octanol–water partition coefficient (Wildman–Crippen LogP) is 1.08. The summed E-state index contributed by atoms with van der Waals surface area (Å²) in [6.45, 7) is 1.70. The monoisotopic (exact) mass is 368 g/mol. The maximum absolute atomic E-state index is 12.3. The van der Waals surface area contributed by atoms with Gasteiger partial charge in [-0.05, 0) is 24.7 Å². The van der Waals surface area contributed by atoms with Gasteiger partial charge in [0.25, 0.3) is 5.91 Å². The Morgan fingerprint density at radius 3 is 2.50 bits per heavy atom. The SMILES string of the molecule is COC(=O)c1c(NC(=S)Nn2cnnc2)sc(C(=O)N(C)C)c1C. The Bertz CT molecular complexity index is 769. The molecule has 0 aliphatic heterocycles. The molecule has 0 radical (unpaired) electrons. The summed E-state index contributed by atoms with van der Waals surface area (Å²) in [5.41, 5.74) is 3.63. The van der Waals surface area contributed by atoms with Crippen LogP contribution in [0.25, 0.3) is 0 Å². The fourth-order valence-corrected chi connectivity index (χ4v) is 3.36. The van der Waals surface area contributed by atoms with Crippen LogP contribution in [0.2, 0.25) is 0 Å². The third-order valence-electron chi connectivity index (χ3n) is 3.01.